The van der Waals surface area contributed by atoms with E-state index in [9.17, 15) is 0 Å². The van der Waals surface area contributed by atoms with Crippen LogP contribution in [0, 0.1) is 11.3 Å². The van der Waals surface area contributed by atoms with Crippen LogP contribution >= 0.6 is 0 Å². The summed E-state index contributed by atoms with van der Waals surface area (Å²) in [6.07, 6.45) is 1.70. The zero-order valence-corrected chi connectivity index (χ0v) is 7.16. The molecule has 0 fully saturated rings. The molecule has 0 spiro atoms. The van der Waals surface area contributed by atoms with E-state index in [4.69, 9.17) is 10.00 Å². The number of benzene rings is 1. The van der Waals surface area contributed by atoms with Gasteiger partial charge in [-0.2, -0.15) is 5.26 Å². The first-order valence-electron chi connectivity index (χ1n) is 3.90. The normalized spacial score (nSPS) is 9.85. The Labute approximate surface area is 75.6 Å². The molecule has 1 aromatic carbocycles. The first-order chi connectivity index (χ1) is 6.35. The number of nitrogens with one attached hydrogen (secondary N) is 1. The summed E-state index contributed by atoms with van der Waals surface area (Å²) in [5, 5.41) is 9.68. The molecule has 0 atom stereocenters. The van der Waals surface area contributed by atoms with E-state index in [-0.39, 0.29) is 0 Å². The van der Waals surface area contributed by atoms with E-state index < -0.39 is 0 Å². The molecule has 0 amide bonds. The molecule has 1 aromatic heterocycles. The highest BCUT2D eigenvalue weighted by atomic mass is 16.5. The number of aromatic nitrogens is 1. The maximum atomic E-state index is 8.75. The first kappa shape index (κ1) is 7.69. The second kappa shape index (κ2) is 2.83. The van der Waals surface area contributed by atoms with Gasteiger partial charge in [-0.1, -0.05) is 0 Å². The lowest BCUT2D eigenvalue weighted by molar-refractivity contribution is 0.415. The molecule has 3 heteroatoms. The van der Waals surface area contributed by atoms with E-state index >= 15 is 0 Å². The van der Waals surface area contributed by atoms with Crippen LogP contribution in [0.4, 0.5) is 0 Å². The Morgan fingerprint density at radius 2 is 2.31 bits per heavy atom. The minimum Gasteiger partial charge on any atom is -0.497 e. The third-order valence-electron chi connectivity index (χ3n) is 2.01. The van der Waals surface area contributed by atoms with Crippen molar-refractivity contribution in [1.82, 2.24) is 4.98 Å². The number of methoxy groups -OCH3 is 1. The molecule has 0 aliphatic carbocycles. The molecule has 3 nitrogen and oxygen atoms in total. The summed E-state index contributed by atoms with van der Waals surface area (Å²) in [6.45, 7) is 0. The van der Waals surface area contributed by atoms with Gasteiger partial charge in [-0.15, -0.1) is 0 Å². The molecule has 0 saturated heterocycles. The van der Waals surface area contributed by atoms with Gasteiger partial charge in [-0.25, -0.2) is 0 Å². The van der Waals surface area contributed by atoms with E-state index in [0.29, 0.717) is 5.56 Å². The van der Waals surface area contributed by atoms with Gasteiger partial charge < -0.3 is 9.72 Å². The summed E-state index contributed by atoms with van der Waals surface area (Å²) in [5.74, 6) is 0.791. The molecule has 0 aliphatic heterocycles. The predicted molar refractivity (Wildman–Crippen MR) is 49.6 cm³/mol. The summed E-state index contributed by atoms with van der Waals surface area (Å²) in [6, 6.07) is 7.71. The summed E-state index contributed by atoms with van der Waals surface area (Å²) in [5.41, 5.74) is 1.59. The van der Waals surface area contributed by atoms with Crippen LogP contribution in [0.3, 0.4) is 0 Å². The number of rotatable bonds is 1. The highest BCUT2D eigenvalue weighted by Crippen LogP contribution is 2.22. The molecule has 0 saturated carbocycles. The topological polar surface area (TPSA) is 48.8 Å². The van der Waals surface area contributed by atoms with Crippen molar-refractivity contribution in [3.8, 4) is 11.8 Å². The molecule has 2 rings (SSSR count). The van der Waals surface area contributed by atoms with Crippen LogP contribution in [-0.2, 0) is 0 Å². The van der Waals surface area contributed by atoms with Crippen molar-refractivity contribution in [3.63, 3.8) is 0 Å². The van der Waals surface area contributed by atoms with Crippen molar-refractivity contribution < 1.29 is 4.74 Å². The van der Waals surface area contributed by atoms with Gasteiger partial charge in [0.2, 0.25) is 0 Å². The van der Waals surface area contributed by atoms with Gasteiger partial charge in [0.1, 0.15) is 11.8 Å². The van der Waals surface area contributed by atoms with Gasteiger partial charge in [0.15, 0.2) is 0 Å². The number of ether oxygens (including phenoxy) is 1. The van der Waals surface area contributed by atoms with Gasteiger partial charge >= 0.3 is 0 Å². The van der Waals surface area contributed by atoms with Gasteiger partial charge in [0, 0.05) is 17.6 Å². The third kappa shape index (κ3) is 1.13. The average molecular weight is 172 g/mol. The van der Waals surface area contributed by atoms with Crippen LogP contribution < -0.4 is 4.74 Å². The van der Waals surface area contributed by atoms with E-state index in [2.05, 4.69) is 11.1 Å². The van der Waals surface area contributed by atoms with Crippen molar-refractivity contribution in [1.29, 1.82) is 5.26 Å². The Morgan fingerprint density at radius 3 is 3.00 bits per heavy atom. The molecule has 1 heterocycles. The van der Waals surface area contributed by atoms with Crippen LogP contribution in [0.15, 0.2) is 24.4 Å². The number of hydrogen-bond acceptors (Lipinski definition) is 2. The fourth-order valence-corrected chi connectivity index (χ4v) is 1.32. The maximum Gasteiger partial charge on any atom is 0.120 e. The van der Waals surface area contributed by atoms with E-state index in [1.165, 1.54) is 0 Å². The molecular formula is C10H8N2O. The Kier molecular flexibility index (Phi) is 1.67. The maximum absolute atomic E-state index is 8.75. The van der Waals surface area contributed by atoms with Crippen LogP contribution in [-0.4, -0.2) is 12.1 Å². The number of nitrogens with zero attached hydrogens (tertiary/aromatic N) is 1. The molecule has 0 unspecified atom stereocenters. The van der Waals surface area contributed by atoms with Crippen molar-refractivity contribution in [2.75, 3.05) is 7.11 Å². The van der Waals surface area contributed by atoms with Gasteiger partial charge in [0.05, 0.1) is 18.2 Å². The SMILES string of the molecule is COc1ccc2c(C#N)c[nH]c2c1. The van der Waals surface area contributed by atoms with Crippen molar-refractivity contribution >= 4 is 10.9 Å². The second-order valence-corrected chi connectivity index (χ2v) is 2.73. The lowest BCUT2D eigenvalue weighted by Crippen LogP contribution is -1.81. The number of H-pyrrole nitrogens is 1. The standard InChI is InChI=1S/C10H8N2O/c1-13-8-2-3-9-7(5-11)6-12-10(9)4-8/h2-4,6,12H,1H3. The summed E-state index contributed by atoms with van der Waals surface area (Å²) in [4.78, 5) is 3.01. The quantitative estimate of drug-likeness (QED) is 0.715. The molecule has 0 radical (unpaired) electrons. The van der Waals surface area contributed by atoms with Crippen LogP contribution in [0.1, 0.15) is 5.56 Å². The average Bonchev–Trinajstić information content (AvgIpc) is 2.59. The van der Waals surface area contributed by atoms with Gasteiger partial charge in [0.25, 0.3) is 0 Å². The number of hydrogen-bond donors (Lipinski definition) is 1. The fourth-order valence-electron chi connectivity index (χ4n) is 1.32. The van der Waals surface area contributed by atoms with Gasteiger partial charge in [-0.3, -0.25) is 0 Å². The molecule has 1 N–H and O–H groups in total. The molecule has 64 valence electrons. The molecule has 0 aliphatic rings. The van der Waals surface area contributed by atoms with Gasteiger partial charge in [-0.05, 0) is 12.1 Å². The zero-order valence-electron chi connectivity index (χ0n) is 7.16. The summed E-state index contributed by atoms with van der Waals surface area (Å²) in [7, 11) is 1.62. The van der Waals surface area contributed by atoms with E-state index in [0.717, 1.165) is 16.7 Å². The smallest absolute Gasteiger partial charge is 0.120 e. The molecule has 13 heavy (non-hydrogen) atoms. The molecule has 2 aromatic rings. The molecular weight excluding hydrogens is 164 g/mol. The highest BCUT2D eigenvalue weighted by molar-refractivity contribution is 5.86. The first-order valence-corrected chi connectivity index (χ1v) is 3.90. The number of fused-ring (bicyclic) bond motifs is 1. The zero-order chi connectivity index (χ0) is 9.26. The minimum absolute atomic E-state index is 0.664. The minimum atomic E-state index is 0.664. The lowest BCUT2D eigenvalue weighted by atomic mass is 10.2. The number of nitriles is 1. The van der Waals surface area contributed by atoms with Crippen LogP contribution in [0.5, 0.6) is 5.75 Å². The number of aromatic amines is 1. The van der Waals surface area contributed by atoms with Crippen LogP contribution in [0.2, 0.25) is 0 Å². The van der Waals surface area contributed by atoms with Crippen molar-refractivity contribution in [2.24, 2.45) is 0 Å². The second-order valence-electron chi connectivity index (χ2n) is 2.73. The van der Waals surface area contributed by atoms with Crippen molar-refractivity contribution in [3.05, 3.63) is 30.0 Å². The Morgan fingerprint density at radius 1 is 1.46 bits per heavy atom. The molecule has 0 bridgehead atoms. The summed E-state index contributed by atoms with van der Waals surface area (Å²) < 4.78 is 5.06. The summed E-state index contributed by atoms with van der Waals surface area (Å²) >= 11 is 0. The van der Waals surface area contributed by atoms with Crippen LogP contribution in [0.25, 0.3) is 10.9 Å². The van der Waals surface area contributed by atoms with E-state index in [1.807, 2.05) is 18.2 Å². The Hall–Kier alpha value is -1.95. The predicted octanol–water partition coefficient (Wildman–Crippen LogP) is 2.05. The van der Waals surface area contributed by atoms with Crippen molar-refractivity contribution in [2.45, 2.75) is 0 Å². The largest absolute Gasteiger partial charge is 0.497 e. The highest BCUT2D eigenvalue weighted by Gasteiger charge is 2.02. The van der Waals surface area contributed by atoms with E-state index in [1.54, 1.807) is 13.3 Å². The lowest BCUT2D eigenvalue weighted by Gasteiger charge is -1.97. The monoisotopic (exact) mass is 172 g/mol. The fraction of sp³-hybridized carbons (Fsp3) is 0.100. The Balaban J connectivity index is 2.70. The Bertz CT molecular complexity index is 479. The third-order valence-corrected chi connectivity index (χ3v) is 2.01.